The molecule has 6 nitrogen and oxygen atoms in total. The zero-order chi connectivity index (χ0) is 19.6. The number of ketones is 1. The van der Waals surface area contributed by atoms with Crippen molar-refractivity contribution < 1.29 is 23.9 Å². The van der Waals surface area contributed by atoms with E-state index in [1.54, 1.807) is 12.1 Å². The fourth-order valence-electron chi connectivity index (χ4n) is 3.94. The first-order chi connectivity index (χ1) is 12.9. The van der Waals surface area contributed by atoms with Crippen molar-refractivity contribution >= 4 is 23.6 Å². The Balaban J connectivity index is 1.59. The van der Waals surface area contributed by atoms with Gasteiger partial charge in [-0.25, -0.2) is 4.79 Å². The van der Waals surface area contributed by atoms with E-state index in [1.807, 2.05) is 19.1 Å². The first kappa shape index (κ1) is 19.3. The molecule has 0 spiro atoms. The van der Waals surface area contributed by atoms with Crippen LogP contribution in [-0.4, -0.2) is 41.1 Å². The number of amides is 2. The number of benzene rings is 1. The van der Waals surface area contributed by atoms with E-state index >= 15 is 0 Å². The molecule has 1 aromatic rings. The predicted octanol–water partition coefficient (Wildman–Crippen LogP) is 2.54. The summed E-state index contributed by atoms with van der Waals surface area (Å²) in [6.45, 7) is 3.10. The Kier molecular flexibility index (Phi) is 5.73. The molecule has 1 saturated carbocycles. The van der Waals surface area contributed by atoms with Crippen LogP contribution in [0.1, 0.15) is 55.5 Å². The number of aryl methyl sites for hydroxylation is 1. The minimum absolute atomic E-state index is 0.282. The number of hydrogen-bond acceptors (Lipinski definition) is 5. The maximum Gasteiger partial charge on any atom is 0.329 e. The third kappa shape index (κ3) is 3.80. The average Bonchev–Trinajstić information content (AvgIpc) is 2.96. The molecule has 0 aromatic heterocycles. The Morgan fingerprint density at radius 2 is 1.63 bits per heavy atom. The molecule has 6 heteroatoms. The normalized spacial score (nSPS) is 23.1. The van der Waals surface area contributed by atoms with Crippen molar-refractivity contribution in [2.75, 3.05) is 6.61 Å². The quantitative estimate of drug-likeness (QED) is 0.436. The third-order valence-electron chi connectivity index (χ3n) is 5.63. The number of carbonyl (C=O) groups is 4. The van der Waals surface area contributed by atoms with E-state index in [0.717, 1.165) is 29.7 Å². The van der Waals surface area contributed by atoms with Gasteiger partial charge >= 0.3 is 5.97 Å². The van der Waals surface area contributed by atoms with E-state index in [1.165, 1.54) is 6.92 Å². The van der Waals surface area contributed by atoms with Crippen molar-refractivity contribution in [3.8, 4) is 0 Å². The first-order valence-electron chi connectivity index (χ1n) is 9.59. The van der Waals surface area contributed by atoms with E-state index in [9.17, 15) is 19.2 Å². The predicted molar refractivity (Wildman–Crippen MR) is 97.9 cm³/mol. The number of likely N-dealkylation sites (tertiary alicyclic amines) is 1. The monoisotopic (exact) mass is 371 g/mol. The van der Waals surface area contributed by atoms with Gasteiger partial charge in [-0.05, 0) is 31.7 Å². The summed E-state index contributed by atoms with van der Waals surface area (Å²) in [6.07, 6.45) is 4.12. The van der Waals surface area contributed by atoms with Crippen LogP contribution in [0.5, 0.6) is 0 Å². The van der Waals surface area contributed by atoms with Crippen molar-refractivity contribution in [2.24, 2.45) is 11.8 Å². The zero-order valence-corrected chi connectivity index (χ0v) is 15.8. The van der Waals surface area contributed by atoms with Gasteiger partial charge in [0, 0.05) is 5.56 Å². The number of carbonyl (C=O) groups excluding carboxylic acids is 4. The van der Waals surface area contributed by atoms with Gasteiger partial charge in [-0.2, -0.15) is 0 Å². The molecule has 0 bridgehead atoms. The highest BCUT2D eigenvalue weighted by Gasteiger charge is 2.51. The smallest absolute Gasteiger partial charge is 0.329 e. The second kappa shape index (κ2) is 8.03. The van der Waals surface area contributed by atoms with Gasteiger partial charge in [0.1, 0.15) is 6.04 Å². The largest absolute Gasteiger partial charge is 0.456 e. The third-order valence-corrected chi connectivity index (χ3v) is 5.63. The second-order valence-electron chi connectivity index (χ2n) is 7.30. The Morgan fingerprint density at radius 1 is 1.07 bits per heavy atom. The lowest BCUT2D eigenvalue weighted by atomic mass is 9.81. The lowest BCUT2D eigenvalue weighted by Crippen LogP contribution is -2.44. The molecule has 0 radical (unpaired) electrons. The number of nitrogens with zero attached hydrogens (tertiary/aromatic N) is 1. The fourth-order valence-corrected chi connectivity index (χ4v) is 3.94. The number of hydrogen-bond donors (Lipinski definition) is 0. The molecule has 1 aliphatic carbocycles. The Morgan fingerprint density at radius 3 is 2.15 bits per heavy atom. The Bertz CT molecular complexity index is 730. The van der Waals surface area contributed by atoms with Gasteiger partial charge in [0.25, 0.3) is 0 Å². The van der Waals surface area contributed by atoms with Crippen molar-refractivity contribution in [2.45, 2.75) is 52.0 Å². The highest BCUT2D eigenvalue weighted by atomic mass is 16.5. The van der Waals surface area contributed by atoms with E-state index in [4.69, 9.17) is 4.74 Å². The van der Waals surface area contributed by atoms with Crippen LogP contribution < -0.4 is 0 Å². The van der Waals surface area contributed by atoms with Crippen LogP contribution in [-0.2, 0) is 25.5 Å². The molecule has 3 rings (SSSR count). The maximum absolute atomic E-state index is 12.5. The number of esters is 1. The number of rotatable bonds is 6. The topological polar surface area (TPSA) is 80.8 Å². The summed E-state index contributed by atoms with van der Waals surface area (Å²) in [7, 11) is 0. The standard InChI is InChI=1S/C21H25NO5/c1-3-14-8-10-15(11-9-14)18(23)12-27-21(26)13(2)22-19(24)16-6-4-5-7-17(16)20(22)25/h8-11,13,16-17H,3-7,12H2,1-2H3/t13-,16+,17+/m0/s1. The molecule has 144 valence electrons. The Hall–Kier alpha value is -2.50. The summed E-state index contributed by atoms with van der Waals surface area (Å²) in [5, 5.41) is 0. The van der Waals surface area contributed by atoms with Gasteiger partial charge in [-0.1, -0.05) is 44.0 Å². The van der Waals surface area contributed by atoms with Gasteiger partial charge in [0.15, 0.2) is 12.4 Å². The average molecular weight is 371 g/mol. The number of imide groups is 1. The highest BCUT2D eigenvalue weighted by molar-refractivity contribution is 6.08. The summed E-state index contributed by atoms with van der Waals surface area (Å²) < 4.78 is 5.10. The molecule has 0 unspecified atom stereocenters. The molecule has 3 atom stereocenters. The van der Waals surface area contributed by atoms with Crippen LogP contribution in [0, 0.1) is 11.8 Å². The molecular weight excluding hydrogens is 346 g/mol. The first-order valence-corrected chi connectivity index (χ1v) is 9.59. The van der Waals surface area contributed by atoms with Crippen molar-refractivity contribution in [3.05, 3.63) is 35.4 Å². The fraction of sp³-hybridized carbons (Fsp3) is 0.524. The summed E-state index contributed by atoms with van der Waals surface area (Å²) >= 11 is 0. The van der Waals surface area contributed by atoms with Gasteiger partial charge in [-0.15, -0.1) is 0 Å². The minimum atomic E-state index is -1.01. The van der Waals surface area contributed by atoms with Crippen LogP contribution >= 0.6 is 0 Å². The van der Waals surface area contributed by atoms with E-state index in [2.05, 4.69) is 0 Å². The molecule has 1 saturated heterocycles. The lowest BCUT2D eigenvalue weighted by molar-refractivity contribution is -0.157. The number of ether oxygens (including phenoxy) is 1. The molecule has 1 aliphatic heterocycles. The van der Waals surface area contributed by atoms with Gasteiger partial charge in [0.2, 0.25) is 11.8 Å². The maximum atomic E-state index is 12.5. The summed E-state index contributed by atoms with van der Waals surface area (Å²) in [4.78, 5) is 50.7. The molecule has 1 aromatic carbocycles. The van der Waals surface area contributed by atoms with Crippen LogP contribution in [0.2, 0.25) is 0 Å². The lowest BCUT2D eigenvalue weighted by Gasteiger charge is -2.21. The summed E-state index contributed by atoms with van der Waals surface area (Å²) in [6, 6.07) is 6.13. The molecular formula is C21H25NO5. The van der Waals surface area contributed by atoms with Crippen LogP contribution in [0.4, 0.5) is 0 Å². The SMILES string of the molecule is CCc1ccc(C(=O)COC(=O)[C@H](C)N2C(=O)[C@@H]3CCCC[C@H]3C2=O)cc1. The summed E-state index contributed by atoms with van der Waals surface area (Å²) in [5.41, 5.74) is 1.58. The molecule has 0 N–H and O–H groups in total. The van der Waals surface area contributed by atoms with Crippen LogP contribution in [0.25, 0.3) is 0 Å². The second-order valence-corrected chi connectivity index (χ2v) is 7.30. The molecule has 27 heavy (non-hydrogen) atoms. The van der Waals surface area contributed by atoms with E-state index < -0.39 is 18.6 Å². The van der Waals surface area contributed by atoms with Crippen molar-refractivity contribution in [3.63, 3.8) is 0 Å². The molecule has 2 amide bonds. The van der Waals surface area contributed by atoms with Gasteiger partial charge in [-0.3, -0.25) is 19.3 Å². The van der Waals surface area contributed by atoms with E-state index in [0.29, 0.717) is 18.4 Å². The van der Waals surface area contributed by atoms with E-state index in [-0.39, 0.29) is 29.4 Å². The molecule has 2 aliphatic rings. The van der Waals surface area contributed by atoms with Crippen LogP contribution in [0.15, 0.2) is 24.3 Å². The zero-order valence-electron chi connectivity index (χ0n) is 15.8. The number of fused-ring (bicyclic) bond motifs is 1. The Labute approximate surface area is 158 Å². The molecule has 2 fully saturated rings. The van der Waals surface area contributed by atoms with Gasteiger partial charge < -0.3 is 4.74 Å². The summed E-state index contributed by atoms with van der Waals surface area (Å²) in [5.74, 6) is -2.22. The number of Topliss-reactive ketones (excluding diaryl/α,β-unsaturated/α-hetero) is 1. The van der Waals surface area contributed by atoms with Crippen LogP contribution in [0.3, 0.4) is 0 Å². The van der Waals surface area contributed by atoms with Crippen molar-refractivity contribution in [1.82, 2.24) is 4.90 Å². The molecule has 1 heterocycles. The highest BCUT2D eigenvalue weighted by Crippen LogP contribution is 2.38. The van der Waals surface area contributed by atoms with Crippen molar-refractivity contribution in [1.29, 1.82) is 0 Å². The minimum Gasteiger partial charge on any atom is -0.456 e. The van der Waals surface area contributed by atoms with Gasteiger partial charge in [0.05, 0.1) is 11.8 Å².